The quantitative estimate of drug-likeness (QED) is 0.465. The average molecular weight is 493 g/mol. The zero-order chi connectivity index (χ0) is 24.7. The monoisotopic (exact) mass is 492 g/mol. The molecule has 1 saturated carbocycles. The van der Waals surface area contributed by atoms with Crippen LogP contribution in [-0.2, 0) is 19.7 Å². The summed E-state index contributed by atoms with van der Waals surface area (Å²) in [6, 6.07) is 9.68. The zero-order valence-electron chi connectivity index (χ0n) is 19.9. The van der Waals surface area contributed by atoms with E-state index in [1.54, 1.807) is 12.1 Å². The van der Waals surface area contributed by atoms with Gasteiger partial charge in [0.1, 0.15) is 11.6 Å². The molecule has 2 fully saturated rings. The number of oxazole rings is 1. The van der Waals surface area contributed by atoms with E-state index in [2.05, 4.69) is 20.9 Å². The number of ether oxygens (including phenoxy) is 1. The third-order valence-corrected chi connectivity index (χ3v) is 7.88. The second-order valence-electron chi connectivity index (χ2n) is 10.0. The van der Waals surface area contributed by atoms with Crippen LogP contribution < -0.4 is 16.0 Å². The van der Waals surface area contributed by atoms with E-state index in [0.29, 0.717) is 37.3 Å². The first-order valence-corrected chi connectivity index (χ1v) is 12.7. The summed E-state index contributed by atoms with van der Waals surface area (Å²) in [6.07, 6.45) is 6.36. The fourth-order valence-electron chi connectivity index (χ4n) is 5.92. The summed E-state index contributed by atoms with van der Waals surface area (Å²) in [5.74, 6) is -0.590. The lowest BCUT2D eigenvalue weighted by molar-refractivity contribution is -0.124. The Morgan fingerprint density at radius 2 is 1.94 bits per heavy atom. The van der Waals surface area contributed by atoms with Crippen molar-refractivity contribution in [1.29, 1.82) is 0 Å². The Kier molecular flexibility index (Phi) is 5.87. The van der Waals surface area contributed by atoms with Crippen LogP contribution in [0.3, 0.4) is 0 Å². The van der Waals surface area contributed by atoms with Crippen LogP contribution in [0.25, 0.3) is 11.1 Å². The van der Waals surface area contributed by atoms with E-state index in [4.69, 9.17) is 9.15 Å². The van der Waals surface area contributed by atoms with Gasteiger partial charge in [0.2, 0.25) is 11.8 Å². The molecule has 0 unspecified atom stereocenters. The van der Waals surface area contributed by atoms with Gasteiger partial charge in [0, 0.05) is 24.6 Å². The minimum absolute atomic E-state index is 0.00535. The molecule has 0 bridgehead atoms. The maximum absolute atomic E-state index is 14.1. The zero-order valence-corrected chi connectivity index (χ0v) is 19.9. The molecular weight excluding hydrogens is 463 g/mol. The lowest BCUT2D eigenvalue weighted by Gasteiger charge is -2.31. The van der Waals surface area contributed by atoms with Crippen molar-refractivity contribution in [3.05, 3.63) is 47.8 Å². The number of rotatable bonds is 5. The second kappa shape index (κ2) is 9.20. The van der Waals surface area contributed by atoms with Crippen LogP contribution in [0.4, 0.5) is 21.8 Å². The van der Waals surface area contributed by atoms with Gasteiger partial charge in [-0.1, -0.05) is 31.4 Å². The number of hydrogen-bond acceptors (Lipinski definition) is 6. The van der Waals surface area contributed by atoms with Crippen molar-refractivity contribution in [3.63, 3.8) is 0 Å². The topological polar surface area (TPSA) is 105 Å². The van der Waals surface area contributed by atoms with Crippen molar-refractivity contribution < 1.29 is 23.1 Å². The third kappa shape index (κ3) is 4.01. The molecular formula is C27H29FN4O4. The van der Waals surface area contributed by atoms with Crippen molar-refractivity contribution in [2.45, 2.75) is 56.4 Å². The summed E-state index contributed by atoms with van der Waals surface area (Å²) < 4.78 is 25.3. The highest BCUT2D eigenvalue weighted by Gasteiger charge is 2.47. The molecule has 3 aliphatic rings. The average Bonchev–Trinajstić information content (AvgIpc) is 3.43. The summed E-state index contributed by atoms with van der Waals surface area (Å²) >= 11 is 0. The van der Waals surface area contributed by atoms with Crippen molar-refractivity contribution in [2.75, 3.05) is 29.2 Å². The third-order valence-electron chi connectivity index (χ3n) is 7.88. The van der Waals surface area contributed by atoms with Crippen LogP contribution in [-0.4, -0.2) is 36.1 Å². The largest absolute Gasteiger partial charge is 0.423 e. The first-order chi connectivity index (χ1) is 17.5. The molecule has 36 heavy (non-hydrogen) atoms. The smallest absolute Gasteiger partial charge is 0.296 e. The Hall–Kier alpha value is -3.46. The van der Waals surface area contributed by atoms with Crippen LogP contribution in [0.2, 0.25) is 0 Å². The summed E-state index contributed by atoms with van der Waals surface area (Å²) in [4.78, 5) is 30.6. The Labute approximate surface area is 208 Å². The number of aromatic nitrogens is 1. The lowest BCUT2D eigenvalue weighted by Crippen LogP contribution is -2.41. The Balaban J connectivity index is 1.24. The maximum atomic E-state index is 14.1. The summed E-state index contributed by atoms with van der Waals surface area (Å²) in [6.45, 7) is 1.11. The van der Waals surface area contributed by atoms with E-state index in [1.165, 1.54) is 6.07 Å². The van der Waals surface area contributed by atoms with Gasteiger partial charge in [-0.3, -0.25) is 9.59 Å². The minimum Gasteiger partial charge on any atom is -0.423 e. The lowest BCUT2D eigenvalue weighted by atomic mass is 9.75. The van der Waals surface area contributed by atoms with Crippen LogP contribution in [0.15, 0.2) is 40.8 Å². The summed E-state index contributed by atoms with van der Waals surface area (Å²) in [5.41, 5.74) is 2.22. The minimum atomic E-state index is -0.592. The highest BCUT2D eigenvalue weighted by atomic mass is 19.1. The molecule has 3 aromatic rings. The van der Waals surface area contributed by atoms with Crippen molar-refractivity contribution in [2.24, 2.45) is 5.92 Å². The predicted octanol–water partition coefficient (Wildman–Crippen LogP) is 4.97. The standard InChI is InChI=1S/C27H29FN4O4/c28-19-7-4-8-21-23(19)32-26(36-21)31-22(16-5-2-1-3-6-16)24(33)29-17-9-10-18-20(15-17)30-25(34)27(18)11-13-35-14-12-27/h4,7-10,15-16,22H,1-3,5-6,11-14H2,(H,29,33)(H,30,34)(H,31,32)/t22-/m0/s1. The van der Waals surface area contributed by atoms with Gasteiger partial charge in [0.15, 0.2) is 11.4 Å². The number of amides is 2. The Morgan fingerprint density at radius 3 is 2.72 bits per heavy atom. The van der Waals surface area contributed by atoms with Gasteiger partial charge >= 0.3 is 0 Å². The van der Waals surface area contributed by atoms with Gasteiger partial charge in [-0.2, -0.15) is 4.98 Å². The van der Waals surface area contributed by atoms with Gasteiger partial charge in [-0.25, -0.2) is 4.39 Å². The van der Waals surface area contributed by atoms with Crippen molar-refractivity contribution >= 4 is 40.3 Å². The highest BCUT2D eigenvalue weighted by molar-refractivity contribution is 6.07. The molecule has 9 heteroatoms. The van der Waals surface area contributed by atoms with E-state index < -0.39 is 17.3 Å². The van der Waals surface area contributed by atoms with Crippen molar-refractivity contribution in [1.82, 2.24) is 4.98 Å². The van der Waals surface area contributed by atoms with E-state index in [1.807, 2.05) is 18.2 Å². The fraction of sp³-hybridized carbons (Fsp3) is 0.444. The molecule has 188 valence electrons. The number of fused-ring (bicyclic) bond motifs is 3. The van der Waals surface area contributed by atoms with Gasteiger partial charge in [-0.15, -0.1) is 0 Å². The SMILES string of the molecule is O=C(Nc1ccc2c(c1)NC(=O)C21CCOCC1)[C@@H](Nc1nc2c(F)cccc2o1)C1CCCCC1. The molecule has 3 N–H and O–H groups in total. The molecule has 1 aromatic heterocycles. The maximum Gasteiger partial charge on any atom is 0.296 e. The molecule has 1 saturated heterocycles. The number of carbonyl (C=O) groups is 2. The summed E-state index contributed by atoms with van der Waals surface area (Å²) in [7, 11) is 0. The molecule has 1 aliphatic carbocycles. The van der Waals surface area contributed by atoms with Gasteiger partial charge in [0.25, 0.3) is 6.01 Å². The van der Waals surface area contributed by atoms with Gasteiger partial charge in [0.05, 0.1) is 5.41 Å². The number of para-hydroxylation sites is 1. The van der Waals surface area contributed by atoms with Crippen LogP contribution >= 0.6 is 0 Å². The number of halogens is 1. The number of benzene rings is 2. The Morgan fingerprint density at radius 1 is 1.14 bits per heavy atom. The number of hydrogen-bond donors (Lipinski definition) is 3. The summed E-state index contributed by atoms with van der Waals surface area (Å²) in [5, 5.41) is 9.17. The molecule has 6 rings (SSSR count). The second-order valence-corrected chi connectivity index (χ2v) is 10.0. The molecule has 8 nitrogen and oxygen atoms in total. The molecule has 1 spiro atoms. The normalized spacial score (nSPS) is 20.2. The fourth-order valence-corrected chi connectivity index (χ4v) is 5.92. The molecule has 2 amide bonds. The van der Waals surface area contributed by atoms with E-state index in [0.717, 1.165) is 43.4 Å². The number of nitrogens with one attached hydrogen (secondary N) is 3. The Bertz CT molecular complexity index is 1310. The van der Waals surface area contributed by atoms with Crippen LogP contribution in [0.5, 0.6) is 0 Å². The number of anilines is 3. The van der Waals surface area contributed by atoms with E-state index in [9.17, 15) is 14.0 Å². The first-order valence-electron chi connectivity index (χ1n) is 12.7. The molecule has 1 atom stereocenters. The van der Waals surface area contributed by atoms with E-state index >= 15 is 0 Å². The molecule has 2 aromatic carbocycles. The molecule has 3 heterocycles. The van der Waals surface area contributed by atoms with Gasteiger partial charge in [-0.05, 0) is 61.4 Å². The van der Waals surface area contributed by atoms with Crippen LogP contribution in [0.1, 0.15) is 50.5 Å². The molecule has 0 radical (unpaired) electrons. The highest BCUT2D eigenvalue weighted by Crippen LogP contribution is 2.45. The predicted molar refractivity (Wildman–Crippen MR) is 133 cm³/mol. The van der Waals surface area contributed by atoms with Crippen LogP contribution in [0, 0.1) is 11.7 Å². The molecule has 2 aliphatic heterocycles. The number of nitrogens with zero attached hydrogens (tertiary/aromatic N) is 1. The number of carbonyl (C=O) groups excluding carboxylic acids is 2. The van der Waals surface area contributed by atoms with Crippen molar-refractivity contribution in [3.8, 4) is 0 Å². The van der Waals surface area contributed by atoms with Gasteiger partial charge < -0.3 is 25.1 Å². The first kappa shape index (κ1) is 23.0. The van der Waals surface area contributed by atoms with E-state index in [-0.39, 0.29) is 29.3 Å².